The van der Waals surface area contributed by atoms with Crippen molar-refractivity contribution in [1.29, 1.82) is 0 Å². The van der Waals surface area contributed by atoms with Crippen LogP contribution >= 0.6 is 0 Å². The highest BCUT2D eigenvalue weighted by molar-refractivity contribution is 5.97. The molecule has 1 aromatic carbocycles. The predicted molar refractivity (Wildman–Crippen MR) is 71.3 cm³/mol. The van der Waals surface area contributed by atoms with E-state index in [2.05, 4.69) is 0 Å². The third-order valence-corrected chi connectivity index (χ3v) is 2.42. The highest BCUT2D eigenvalue weighted by Gasteiger charge is 2.09. The normalized spacial score (nSPS) is 10.9. The van der Waals surface area contributed by atoms with Gasteiger partial charge in [-0.25, -0.2) is 4.79 Å². The fraction of sp³-hybridized carbons (Fsp3) is 0.333. The Bertz CT molecular complexity index is 441. The molecule has 0 atom stereocenters. The Morgan fingerprint density at radius 3 is 2.33 bits per heavy atom. The van der Waals surface area contributed by atoms with Gasteiger partial charge in [-0.3, -0.25) is 4.79 Å². The summed E-state index contributed by atoms with van der Waals surface area (Å²) in [4.78, 5) is 22.8. The molecule has 0 bridgehead atoms. The first-order valence-electron chi connectivity index (χ1n) is 6.03. The van der Waals surface area contributed by atoms with E-state index in [0.29, 0.717) is 12.2 Å². The van der Waals surface area contributed by atoms with E-state index in [1.807, 2.05) is 26.0 Å². The first-order chi connectivity index (χ1) is 8.54. The molecular formula is C15H18O3. The van der Waals surface area contributed by atoms with Gasteiger partial charge in [0.1, 0.15) is 0 Å². The largest absolute Gasteiger partial charge is 0.463 e. The van der Waals surface area contributed by atoms with Gasteiger partial charge in [-0.1, -0.05) is 38.1 Å². The number of rotatable bonds is 5. The zero-order chi connectivity index (χ0) is 13.5. The molecule has 0 aliphatic carbocycles. The molecule has 3 nitrogen and oxygen atoms in total. The van der Waals surface area contributed by atoms with Crippen LogP contribution in [0.5, 0.6) is 0 Å². The summed E-state index contributed by atoms with van der Waals surface area (Å²) < 4.78 is 4.78. The summed E-state index contributed by atoms with van der Waals surface area (Å²) in [5.74, 6) is -0.248. The van der Waals surface area contributed by atoms with Gasteiger partial charge >= 0.3 is 5.97 Å². The molecule has 0 heterocycles. The number of carbonyl (C=O) groups is 2. The van der Waals surface area contributed by atoms with Crippen LogP contribution in [0.4, 0.5) is 0 Å². The van der Waals surface area contributed by atoms with Crippen molar-refractivity contribution < 1.29 is 14.3 Å². The van der Waals surface area contributed by atoms with Crippen LogP contribution in [-0.4, -0.2) is 18.4 Å². The average molecular weight is 246 g/mol. The Morgan fingerprint density at radius 1 is 1.22 bits per heavy atom. The number of ketones is 1. The zero-order valence-electron chi connectivity index (χ0n) is 11.0. The molecule has 96 valence electrons. The number of hydrogen-bond donors (Lipinski definition) is 0. The molecule has 0 amide bonds. The number of esters is 1. The summed E-state index contributed by atoms with van der Waals surface area (Å²) in [7, 11) is 0. The minimum atomic E-state index is -0.361. The standard InChI is InChI=1S/C15H18O3/c1-4-18-14(16)10-7-12-5-8-13(9-6-12)15(17)11(2)3/h5-11H,4H2,1-3H3. The Labute approximate surface area is 107 Å². The Kier molecular flexibility index (Phi) is 5.31. The first kappa shape index (κ1) is 14.2. The van der Waals surface area contributed by atoms with Gasteiger partial charge in [0.25, 0.3) is 0 Å². The molecule has 0 saturated carbocycles. The lowest BCUT2D eigenvalue weighted by Crippen LogP contribution is -2.06. The van der Waals surface area contributed by atoms with Crippen LogP contribution in [0, 0.1) is 5.92 Å². The molecule has 0 radical (unpaired) electrons. The minimum Gasteiger partial charge on any atom is -0.463 e. The summed E-state index contributed by atoms with van der Waals surface area (Å²) in [5, 5.41) is 0. The molecule has 0 N–H and O–H groups in total. The lowest BCUT2D eigenvalue weighted by Gasteiger charge is -2.04. The van der Waals surface area contributed by atoms with Crippen molar-refractivity contribution in [3.63, 3.8) is 0 Å². The fourth-order valence-corrected chi connectivity index (χ4v) is 1.45. The van der Waals surface area contributed by atoms with Gasteiger partial charge in [0.05, 0.1) is 6.61 Å². The number of benzene rings is 1. The minimum absolute atomic E-state index is 0.00840. The molecule has 0 aromatic heterocycles. The van der Waals surface area contributed by atoms with E-state index >= 15 is 0 Å². The molecule has 0 aliphatic heterocycles. The highest BCUT2D eigenvalue weighted by atomic mass is 16.5. The van der Waals surface area contributed by atoms with Crippen molar-refractivity contribution >= 4 is 17.8 Å². The van der Waals surface area contributed by atoms with Crippen LogP contribution in [0.3, 0.4) is 0 Å². The van der Waals surface area contributed by atoms with Crippen molar-refractivity contribution in [1.82, 2.24) is 0 Å². The zero-order valence-corrected chi connectivity index (χ0v) is 11.0. The maximum atomic E-state index is 11.7. The quantitative estimate of drug-likeness (QED) is 0.455. The number of ether oxygens (including phenoxy) is 1. The molecule has 0 spiro atoms. The van der Waals surface area contributed by atoms with Crippen molar-refractivity contribution in [3.8, 4) is 0 Å². The van der Waals surface area contributed by atoms with Crippen molar-refractivity contribution in [2.24, 2.45) is 5.92 Å². The smallest absolute Gasteiger partial charge is 0.330 e. The third kappa shape index (κ3) is 4.17. The van der Waals surface area contributed by atoms with Crippen LogP contribution in [0.2, 0.25) is 0 Å². The Hall–Kier alpha value is -1.90. The number of hydrogen-bond acceptors (Lipinski definition) is 3. The summed E-state index contributed by atoms with van der Waals surface area (Å²) in [6.07, 6.45) is 3.05. The van der Waals surface area contributed by atoms with Gasteiger partial charge in [-0.05, 0) is 18.6 Å². The van der Waals surface area contributed by atoms with Gasteiger partial charge in [-0.2, -0.15) is 0 Å². The van der Waals surface area contributed by atoms with Crippen LogP contribution in [0.25, 0.3) is 6.08 Å². The second kappa shape index (κ2) is 6.74. The van der Waals surface area contributed by atoms with E-state index in [1.165, 1.54) is 6.08 Å². The van der Waals surface area contributed by atoms with E-state index in [9.17, 15) is 9.59 Å². The lowest BCUT2D eigenvalue weighted by atomic mass is 10.00. The van der Waals surface area contributed by atoms with Gasteiger partial charge in [0.2, 0.25) is 0 Å². The maximum Gasteiger partial charge on any atom is 0.330 e. The molecule has 18 heavy (non-hydrogen) atoms. The summed E-state index contributed by atoms with van der Waals surface area (Å²) in [5.41, 5.74) is 1.56. The van der Waals surface area contributed by atoms with Gasteiger partial charge in [0, 0.05) is 17.6 Å². The van der Waals surface area contributed by atoms with Crippen LogP contribution in [-0.2, 0) is 9.53 Å². The maximum absolute atomic E-state index is 11.7. The first-order valence-corrected chi connectivity index (χ1v) is 6.03. The van der Waals surface area contributed by atoms with Crippen molar-refractivity contribution in [3.05, 3.63) is 41.5 Å². The van der Waals surface area contributed by atoms with Gasteiger partial charge in [0.15, 0.2) is 5.78 Å². The van der Waals surface area contributed by atoms with E-state index < -0.39 is 0 Å². The van der Waals surface area contributed by atoms with Crippen LogP contribution < -0.4 is 0 Å². The highest BCUT2D eigenvalue weighted by Crippen LogP contribution is 2.11. The fourth-order valence-electron chi connectivity index (χ4n) is 1.45. The number of Topliss-reactive ketones (excluding diaryl/α,β-unsaturated/α-hetero) is 1. The Morgan fingerprint density at radius 2 is 1.83 bits per heavy atom. The second-order valence-electron chi connectivity index (χ2n) is 4.23. The van der Waals surface area contributed by atoms with Gasteiger partial charge < -0.3 is 4.74 Å². The van der Waals surface area contributed by atoms with Gasteiger partial charge in [-0.15, -0.1) is 0 Å². The second-order valence-corrected chi connectivity index (χ2v) is 4.23. The molecule has 0 unspecified atom stereocenters. The molecule has 1 rings (SSSR count). The summed E-state index contributed by atoms with van der Waals surface area (Å²) in [6, 6.07) is 7.16. The molecule has 3 heteroatoms. The molecule has 0 aliphatic rings. The van der Waals surface area contributed by atoms with Crippen LogP contribution in [0.15, 0.2) is 30.3 Å². The molecule has 0 saturated heterocycles. The molecule has 1 aromatic rings. The number of carbonyl (C=O) groups excluding carboxylic acids is 2. The SMILES string of the molecule is CCOC(=O)C=Cc1ccc(C(=O)C(C)C)cc1. The van der Waals surface area contributed by atoms with E-state index in [4.69, 9.17) is 4.74 Å². The van der Waals surface area contributed by atoms with E-state index in [0.717, 1.165) is 5.56 Å². The molecular weight excluding hydrogens is 228 g/mol. The van der Waals surface area contributed by atoms with E-state index in [1.54, 1.807) is 25.1 Å². The summed E-state index contributed by atoms with van der Waals surface area (Å²) in [6.45, 7) is 5.87. The summed E-state index contributed by atoms with van der Waals surface area (Å²) >= 11 is 0. The van der Waals surface area contributed by atoms with Crippen molar-refractivity contribution in [2.75, 3.05) is 6.61 Å². The third-order valence-electron chi connectivity index (χ3n) is 2.42. The van der Waals surface area contributed by atoms with Crippen LogP contribution in [0.1, 0.15) is 36.7 Å². The Balaban J connectivity index is 2.72. The lowest BCUT2D eigenvalue weighted by molar-refractivity contribution is -0.137. The van der Waals surface area contributed by atoms with Crippen molar-refractivity contribution in [2.45, 2.75) is 20.8 Å². The average Bonchev–Trinajstić information content (AvgIpc) is 2.36. The predicted octanol–water partition coefficient (Wildman–Crippen LogP) is 3.10. The van der Waals surface area contributed by atoms with E-state index in [-0.39, 0.29) is 17.7 Å². The molecule has 0 fully saturated rings. The monoisotopic (exact) mass is 246 g/mol. The topological polar surface area (TPSA) is 43.4 Å².